The molecule has 0 spiro atoms. The molecular formula is C20H25N7O2S. The molecule has 10 heteroatoms. The number of sulfonamides is 1. The van der Waals surface area contributed by atoms with E-state index in [-0.39, 0.29) is 0 Å². The second-order valence-corrected chi connectivity index (χ2v) is 9.20. The summed E-state index contributed by atoms with van der Waals surface area (Å²) in [5.74, 6) is 1.21. The molecule has 0 atom stereocenters. The zero-order valence-electron chi connectivity index (χ0n) is 16.9. The number of benzene rings is 1. The van der Waals surface area contributed by atoms with Crippen LogP contribution in [0.15, 0.2) is 49.3 Å². The maximum absolute atomic E-state index is 11.8. The third kappa shape index (κ3) is 4.29. The number of aromatic nitrogens is 4. The van der Waals surface area contributed by atoms with Gasteiger partial charge in [0.25, 0.3) is 0 Å². The number of nitrogens with zero attached hydrogens (tertiary/aromatic N) is 6. The van der Waals surface area contributed by atoms with Gasteiger partial charge in [-0.15, -0.1) is 6.58 Å². The summed E-state index contributed by atoms with van der Waals surface area (Å²) in [4.78, 5) is 16.0. The van der Waals surface area contributed by atoms with Crippen LogP contribution in [-0.2, 0) is 16.6 Å². The maximum atomic E-state index is 11.8. The number of piperazine rings is 1. The Labute approximate surface area is 176 Å². The number of rotatable bonds is 7. The van der Waals surface area contributed by atoms with Gasteiger partial charge in [0.05, 0.1) is 19.1 Å². The molecule has 0 bridgehead atoms. The topological polar surface area (TPSA) is 96.2 Å². The molecule has 0 saturated carbocycles. The monoisotopic (exact) mass is 427 g/mol. The molecule has 158 valence electrons. The molecule has 3 aromatic rings. The lowest BCUT2D eigenvalue weighted by atomic mass is 10.2. The quantitative estimate of drug-likeness (QED) is 0.572. The second kappa shape index (κ2) is 8.41. The molecule has 30 heavy (non-hydrogen) atoms. The van der Waals surface area contributed by atoms with Crippen molar-refractivity contribution >= 4 is 33.0 Å². The number of fused-ring (bicyclic) bond motifs is 1. The van der Waals surface area contributed by atoms with Crippen LogP contribution in [0.3, 0.4) is 0 Å². The van der Waals surface area contributed by atoms with Crippen LogP contribution in [0.25, 0.3) is 11.2 Å². The number of hydrogen-bond donors (Lipinski definition) is 1. The Morgan fingerprint density at radius 3 is 2.53 bits per heavy atom. The van der Waals surface area contributed by atoms with E-state index in [1.807, 2.05) is 27.7 Å². The molecule has 1 saturated heterocycles. The molecule has 1 fully saturated rings. The fourth-order valence-corrected chi connectivity index (χ4v) is 4.31. The van der Waals surface area contributed by atoms with E-state index in [9.17, 15) is 8.42 Å². The summed E-state index contributed by atoms with van der Waals surface area (Å²) in [5, 5.41) is 3.25. The summed E-state index contributed by atoms with van der Waals surface area (Å²) in [5.41, 5.74) is 2.59. The van der Waals surface area contributed by atoms with Crippen LogP contribution in [0.4, 0.5) is 11.8 Å². The van der Waals surface area contributed by atoms with E-state index in [1.165, 1.54) is 10.6 Å². The van der Waals surface area contributed by atoms with Crippen molar-refractivity contribution in [1.29, 1.82) is 0 Å². The van der Waals surface area contributed by atoms with Crippen LogP contribution in [-0.4, -0.2) is 71.2 Å². The Hall–Kier alpha value is -2.98. The molecule has 2 aromatic heterocycles. The van der Waals surface area contributed by atoms with E-state index in [0.29, 0.717) is 56.6 Å². The van der Waals surface area contributed by atoms with Gasteiger partial charge in [0.2, 0.25) is 16.0 Å². The smallest absolute Gasteiger partial charge is 0.229 e. The van der Waals surface area contributed by atoms with Crippen LogP contribution in [0.5, 0.6) is 0 Å². The van der Waals surface area contributed by atoms with Crippen molar-refractivity contribution in [2.45, 2.75) is 6.54 Å². The first-order valence-electron chi connectivity index (χ1n) is 9.77. The number of imidazole rings is 1. The number of hydrogen-bond acceptors (Lipinski definition) is 7. The van der Waals surface area contributed by atoms with Gasteiger partial charge in [-0.3, -0.25) is 0 Å². The zero-order chi connectivity index (χ0) is 21.1. The van der Waals surface area contributed by atoms with Crippen LogP contribution >= 0.6 is 0 Å². The highest BCUT2D eigenvalue weighted by molar-refractivity contribution is 7.88. The standard InChI is InChI=1S/C20H25N7O2S/c1-3-9-21-18-17-19(26(15-22-17)14-16-7-5-4-6-8-16)24-20(23-18)25-10-12-27(13-11-25)30(2,28)29/h3-8,15H,1,9-14H2,2H3,(H,21,23,24). The van der Waals surface area contributed by atoms with E-state index in [4.69, 9.17) is 4.98 Å². The van der Waals surface area contributed by atoms with Crippen molar-refractivity contribution in [3.63, 3.8) is 0 Å². The van der Waals surface area contributed by atoms with Gasteiger partial charge in [-0.25, -0.2) is 13.4 Å². The summed E-state index contributed by atoms with van der Waals surface area (Å²) >= 11 is 0. The molecule has 1 N–H and O–H groups in total. The minimum atomic E-state index is -3.19. The van der Waals surface area contributed by atoms with Gasteiger partial charge in [-0.2, -0.15) is 14.3 Å². The van der Waals surface area contributed by atoms with Crippen molar-refractivity contribution in [1.82, 2.24) is 23.8 Å². The highest BCUT2D eigenvalue weighted by atomic mass is 32.2. The Morgan fingerprint density at radius 2 is 1.87 bits per heavy atom. The van der Waals surface area contributed by atoms with Crippen molar-refractivity contribution < 1.29 is 8.42 Å². The van der Waals surface area contributed by atoms with Gasteiger partial charge >= 0.3 is 0 Å². The molecule has 1 aliphatic heterocycles. The molecule has 0 unspecified atom stereocenters. The molecule has 0 amide bonds. The van der Waals surface area contributed by atoms with Gasteiger partial charge in [0.15, 0.2) is 17.0 Å². The first-order chi connectivity index (χ1) is 14.5. The lowest BCUT2D eigenvalue weighted by Gasteiger charge is -2.33. The van der Waals surface area contributed by atoms with Gasteiger partial charge in [-0.05, 0) is 5.56 Å². The van der Waals surface area contributed by atoms with E-state index >= 15 is 0 Å². The number of anilines is 2. The lowest BCUT2D eigenvalue weighted by Crippen LogP contribution is -2.48. The Morgan fingerprint density at radius 1 is 1.13 bits per heavy atom. The molecule has 9 nitrogen and oxygen atoms in total. The van der Waals surface area contributed by atoms with Gasteiger partial charge in [-0.1, -0.05) is 36.4 Å². The molecule has 0 radical (unpaired) electrons. The first-order valence-corrected chi connectivity index (χ1v) is 11.6. The zero-order valence-corrected chi connectivity index (χ0v) is 17.7. The van der Waals surface area contributed by atoms with Gasteiger partial charge in [0, 0.05) is 32.7 Å². The average molecular weight is 428 g/mol. The largest absolute Gasteiger partial charge is 0.365 e. The molecule has 0 aliphatic carbocycles. The van der Waals surface area contributed by atoms with Crippen LogP contribution in [0.1, 0.15) is 5.56 Å². The van der Waals surface area contributed by atoms with Crippen molar-refractivity contribution in [2.24, 2.45) is 0 Å². The third-order valence-corrected chi connectivity index (χ3v) is 6.36. The summed E-state index contributed by atoms with van der Waals surface area (Å²) < 4.78 is 27.1. The predicted octanol–water partition coefficient (Wildman–Crippen LogP) is 1.55. The molecule has 4 rings (SSSR count). The van der Waals surface area contributed by atoms with Crippen LogP contribution in [0.2, 0.25) is 0 Å². The van der Waals surface area contributed by atoms with E-state index < -0.39 is 10.0 Å². The van der Waals surface area contributed by atoms with Crippen molar-refractivity contribution in [2.75, 3.05) is 49.2 Å². The molecule has 1 aromatic carbocycles. The highest BCUT2D eigenvalue weighted by Crippen LogP contribution is 2.24. The van der Waals surface area contributed by atoms with E-state index in [2.05, 4.69) is 34.0 Å². The fourth-order valence-electron chi connectivity index (χ4n) is 3.48. The Balaban J connectivity index is 1.67. The molecule has 1 aliphatic rings. The Kier molecular flexibility index (Phi) is 5.69. The minimum Gasteiger partial charge on any atom is -0.365 e. The SMILES string of the molecule is C=CCNc1nc(N2CCN(S(C)(=O)=O)CC2)nc2c1ncn2Cc1ccccc1. The summed E-state index contributed by atoms with van der Waals surface area (Å²) in [6.07, 6.45) is 4.78. The Bertz CT molecular complexity index is 1140. The summed E-state index contributed by atoms with van der Waals surface area (Å²) in [6, 6.07) is 10.1. The molecule has 3 heterocycles. The van der Waals surface area contributed by atoms with Gasteiger partial charge in [0.1, 0.15) is 0 Å². The predicted molar refractivity (Wildman–Crippen MR) is 118 cm³/mol. The first kappa shape index (κ1) is 20.3. The van der Waals surface area contributed by atoms with Crippen LogP contribution in [0, 0.1) is 0 Å². The lowest BCUT2D eigenvalue weighted by molar-refractivity contribution is 0.386. The molecular weight excluding hydrogens is 402 g/mol. The van der Waals surface area contributed by atoms with Gasteiger partial charge < -0.3 is 14.8 Å². The highest BCUT2D eigenvalue weighted by Gasteiger charge is 2.26. The average Bonchev–Trinajstić information content (AvgIpc) is 3.15. The van der Waals surface area contributed by atoms with Crippen molar-refractivity contribution in [3.8, 4) is 0 Å². The number of nitrogens with one attached hydrogen (secondary N) is 1. The van der Waals surface area contributed by atoms with E-state index in [0.717, 1.165) is 11.2 Å². The normalized spacial score (nSPS) is 15.4. The minimum absolute atomic E-state index is 0.416. The van der Waals surface area contributed by atoms with Crippen molar-refractivity contribution in [3.05, 3.63) is 54.9 Å². The second-order valence-electron chi connectivity index (χ2n) is 7.22. The maximum Gasteiger partial charge on any atom is 0.229 e. The third-order valence-electron chi connectivity index (χ3n) is 5.05. The van der Waals surface area contributed by atoms with Crippen LogP contribution < -0.4 is 10.2 Å². The fraction of sp³-hybridized carbons (Fsp3) is 0.350. The van der Waals surface area contributed by atoms with E-state index in [1.54, 1.807) is 12.4 Å². The summed E-state index contributed by atoms with van der Waals surface area (Å²) in [6.45, 7) is 6.86. The summed E-state index contributed by atoms with van der Waals surface area (Å²) in [7, 11) is -3.19.